The quantitative estimate of drug-likeness (QED) is 0.637. The van der Waals surface area contributed by atoms with Gasteiger partial charge in [0.2, 0.25) is 0 Å². The molecule has 1 aromatic heterocycles. The molecule has 1 fully saturated rings. The lowest BCUT2D eigenvalue weighted by Crippen LogP contribution is -2.09. The van der Waals surface area contributed by atoms with Crippen LogP contribution < -0.4 is 5.73 Å². The zero-order valence-electron chi connectivity index (χ0n) is 8.68. The van der Waals surface area contributed by atoms with Crippen LogP contribution in [0.5, 0.6) is 0 Å². The van der Waals surface area contributed by atoms with Crippen molar-refractivity contribution < 1.29 is 9.63 Å². The van der Waals surface area contributed by atoms with Crippen LogP contribution in [0.2, 0.25) is 0 Å². The number of nitrogen functional groups attached to an aromatic ring is 1. The maximum absolute atomic E-state index is 10.7. The number of oxime groups is 1. The summed E-state index contributed by atoms with van der Waals surface area (Å²) in [6.45, 7) is 0. The molecule has 0 amide bonds. The Morgan fingerprint density at radius 3 is 2.94 bits per heavy atom. The summed E-state index contributed by atoms with van der Waals surface area (Å²) in [6, 6.07) is 0. The fraction of sp³-hybridized carbons (Fsp3) is 0.500. The standard InChI is InChI=1S/C10H12N3O2S/c11-10-12-9(6-16-10)8(5-14)13-15-7-3-1-2-4-7/h6-7H,1-4H2,(H2,11,12). The monoisotopic (exact) mass is 238 g/mol. The van der Waals surface area contributed by atoms with E-state index in [9.17, 15) is 4.79 Å². The van der Waals surface area contributed by atoms with Crippen molar-refractivity contribution in [1.82, 2.24) is 4.98 Å². The maximum atomic E-state index is 10.7. The molecule has 6 heteroatoms. The van der Waals surface area contributed by atoms with E-state index in [2.05, 4.69) is 10.1 Å². The number of nitrogens with two attached hydrogens (primary N) is 1. The van der Waals surface area contributed by atoms with Crippen molar-refractivity contribution in [2.24, 2.45) is 5.16 Å². The van der Waals surface area contributed by atoms with Gasteiger partial charge in [0.15, 0.2) is 10.8 Å². The van der Waals surface area contributed by atoms with Crippen molar-refractivity contribution >= 4 is 28.5 Å². The second-order valence-corrected chi connectivity index (χ2v) is 4.51. The summed E-state index contributed by atoms with van der Waals surface area (Å²) in [7, 11) is 0. The van der Waals surface area contributed by atoms with Crippen LogP contribution in [0.3, 0.4) is 0 Å². The topological polar surface area (TPSA) is 77.6 Å². The molecule has 1 aromatic rings. The van der Waals surface area contributed by atoms with Crippen molar-refractivity contribution in [2.45, 2.75) is 31.8 Å². The van der Waals surface area contributed by atoms with E-state index in [1.165, 1.54) is 11.3 Å². The van der Waals surface area contributed by atoms with Gasteiger partial charge in [-0.25, -0.2) is 4.98 Å². The minimum absolute atomic E-state index is 0.0832. The van der Waals surface area contributed by atoms with E-state index >= 15 is 0 Å². The van der Waals surface area contributed by atoms with E-state index in [1.807, 2.05) is 0 Å². The predicted molar refractivity (Wildman–Crippen MR) is 62.1 cm³/mol. The zero-order chi connectivity index (χ0) is 11.4. The lowest BCUT2D eigenvalue weighted by Gasteiger charge is -2.05. The van der Waals surface area contributed by atoms with E-state index in [0.717, 1.165) is 25.7 Å². The summed E-state index contributed by atoms with van der Waals surface area (Å²) in [6.07, 6.45) is 6.15. The van der Waals surface area contributed by atoms with Crippen molar-refractivity contribution in [2.75, 3.05) is 5.73 Å². The number of hydrogen-bond donors (Lipinski definition) is 1. The van der Waals surface area contributed by atoms with Gasteiger partial charge in [0.1, 0.15) is 11.8 Å². The molecule has 0 aromatic carbocycles. The number of aromatic nitrogens is 1. The Hall–Kier alpha value is -1.43. The number of nitrogens with zero attached hydrogens (tertiary/aromatic N) is 2. The lowest BCUT2D eigenvalue weighted by atomic mass is 10.3. The molecule has 1 heterocycles. The summed E-state index contributed by atoms with van der Waals surface area (Å²) in [4.78, 5) is 19.9. The average molecular weight is 238 g/mol. The van der Waals surface area contributed by atoms with Crippen LogP contribution in [0, 0.1) is 0 Å². The van der Waals surface area contributed by atoms with Crippen molar-refractivity contribution in [3.63, 3.8) is 0 Å². The Bertz CT molecular complexity index is 397. The minimum Gasteiger partial charge on any atom is -0.392 e. The van der Waals surface area contributed by atoms with E-state index in [1.54, 1.807) is 11.7 Å². The van der Waals surface area contributed by atoms with Crippen LogP contribution in [0.1, 0.15) is 31.4 Å². The highest BCUT2D eigenvalue weighted by atomic mass is 32.1. The predicted octanol–water partition coefficient (Wildman–Crippen LogP) is 1.50. The number of carbonyl (C=O) groups excluding carboxylic acids is 1. The minimum atomic E-state index is 0.0832. The summed E-state index contributed by atoms with van der Waals surface area (Å²) in [5, 5.41) is 5.85. The van der Waals surface area contributed by atoms with Crippen molar-refractivity contribution in [1.29, 1.82) is 0 Å². The molecule has 2 rings (SSSR count). The first-order chi connectivity index (χ1) is 7.79. The van der Waals surface area contributed by atoms with Crippen LogP contribution >= 0.6 is 11.3 Å². The largest absolute Gasteiger partial charge is 0.392 e. The van der Waals surface area contributed by atoms with Gasteiger partial charge in [0.25, 0.3) is 6.29 Å². The van der Waals surface area contributed by atoms with Gasteiger partial charge < -0.3 is 10.6 Å². The molecule has 1 aliphatic carbocycles. The zero-order valence-corrected chi connectivity index (χ0v) is 9.50. The Kier molecular flexibility index (Phi) is 3.51. The Morgan fingerprint density at radius 1 is 1.62 bits per heavy atom. The van der Waals surface area contributed by atoms with E-state index in [-0.39, 0.29) is 11.8 Å². The van der Waals surface area contributed by atoms with Gasteiger partial charge in [-0.05, 0) is 25.7 Å². The molecule has 1 radical (unpaired) electrons. The summed E-state index contributed by atoms with van der Waals surface area (Å²) in [5.74, 6) is 0. The molecule has 0 saturated heterocycles. The van der Waals surface area contributed by atoms with Gasteiger partial charge in [0, 0.05) is 5.38 Å². The highest BCUT2D eigenvalue weighted by Gasteiger charge is 2.17. The molecule has 0 spiro atoms. The van der Waals surface area contributed by atoms with Gasteiger partial charge >= 0.3 is 0 Å². The third kappa shape index (κ3) is 2.57. The normalized spacial score (nSPS) is 17.6. The number of hydrogen-bond acceptors (Lipinski definition) is 6. The van der Waals surface area contributed by atoms with E-state index < -0.39 is 0 Å². The van der Waals surface area contributed by atoms with Gasteiger partial charge in [-0.2, -0.15) is 0 Å². The fourth-order valence-electron chi connectivity index (χ4n) is 1.64. The van der Waals surface area contributed by atoms with E-state index in [0.29, 0.717) is 10.8 Å². The van der Waals surface area contributed by atoms with Crippen molar-refractivity contribution in [3.05, 3.63) is 11.1 Å². The van der Waals surface area contributed by atoms with Gasteiger partial charge in [-0.3, -0.25) is 4.79 Å². The number of thiazole rings is 1. The third-order valence-corrected chi connectivity index (χ3v) is 3.13. The van der Waals surface area contributed by atoms with Crippen LogP contribution in [-0.4, -0.2) is 23.1 Å². The fourth-order valence-corrected chi connectivity index (χ4v) is 2.18. The molecule has 5 nitrogen and oxygen atoms in total. The molecule has 0 aliphatic heterocycles. The number of rotatable bonds is 4. The smallest absolute Gasteiger partial charge is 0.259 e. The summed E-state index contributed by atoms with van der Waals surface area (Å²) in [5.41, 5.74) is 5.98. The van der Waals surface area contributed by atoms with Crippen LogP contribution in [0.25, 0.3) is 0 Å². The molecule has 0 unspecified atom stereocenters. The molecule has 1 saturated carbocycles. The molecular formula is C10H12N3O2S. The third-order valence-electron chi connectivity index (χ3n) is 2.46. The second-order valence-electron chi connectivity index (χ2n) is 3.62. The SMILES string of the molecule is Nc1nc(C([C]=O)=NOC2CCCC2)cs1. The first-order valence-electron chi connectivity index (χ1n) is 5.13. The second kappa shape index (κ2) is 5.07. The maximum Gasteiger partial charge on any atom is 0.259 e. The first kappa shape index (κ1) is 11.1. The molecular weight excluding hydrogens is 226 g/mol. The Morgan fingerprint density at radius 2 is 2.38 bits per heavy atom. The molecule has 85 valence electrons. The molecule has 1 aliphatic rings. The van der Waals surface area contributed by atoms with E-state index in [4.69, 9.17) is 10.6 Å². The average Bonchev–Trinajstić information content (AvgIpc) is 2.91. The number of anilines is 1. The van der Waals surface area contributed by atoms with Crippen LogP contribution in [0.4, 0.5) is 5.13 Å². The highest BCUT2D eigenvalue weighted by Crippen LogP contribution is 2.21. The molecule has 16 heavy (non-hydrogen) atoms. The highest BCUT2D eigenvalue weighted by molar-refractivity contribution is 7.13. The van der Waals surface area contributed by atoms with Crippen molar-refractivity contribution in [3.8, 4) is 0 Å². The molecule has 2 N–H and O–H groups in total. The molecule has 0 bridgehead atoms. The van der Waals surface area contributed by atoms with Gasteiger partial charge in [-0.1, -0.05) is 5.16 Å². The Labute approximate surface area is 97.3 Å². The lowest BCUT2D eigenvalue weighted by molar-refractivity contribution is 0.0650. The van der Waals surface area contributed by atoms with Crippen LogP contribution in [-0.2, 0) is 9.63 Å². The summed E-state index contributed by atoms with van der Waals surface area (Å²) >= 11 is 1.26. The first-order valence-corrected chi connectivity index (χ1v) is 6.01. The summed E-state index contributed by atoms with van der Waals surface area (Å²) < 4.78 is 0. The molecule has 0 atom stereocenters. The Balaban J connectivity index is 2.03. The van der Waals surface area contributed by atoms with Gasteiger partial charge in [-0.15, -0.1) is 11.3 Å². The van der Waals surface area contributed by atoms with Gasteiger partial charge in [0.05, 0.1) is 0 Å². The van der Waals surface area contributed by atoms with Crippen LogP contribution in [0.15, 0.2) is 10.5 Å².